The number of aromatic nitrogens is 2. The Balaban J connectivity index is 1.90. The highest BCUT2D eigenvalue weighted by Crippen LogP contribution is 2.41. The van der Waals surface area contributed by atoms with Crippen molar-refractivity contribution >= 4 is 43.3 Å². The van der Waals surface area contributed by atoms with E-state index in [2.05, 4.69) is 9.17 Å². The van der Waals surface area contributed by atoms with E-state index >= 15 is 0 Å². The Labute approximate surface area is 219 Å². The number of nitriles is 1. The fraction of sp³-hybridized carbons (Fsp3) is 0.185. The molecule has 0 aliphatic heterocycles. The molecule has 0 saturated heterocycles. The largest absolute Gasteiger partial charge is 0.488 e. The van der Waals surface area contributed by atoms with Crippen LogP contribution < -0.4 is 9.61 Å². The molecule has 12 heteroatoms. The molecular weight excluding hydrogens is 538 g/mol. The van der Waals surface area contributed by atoms with Gasteiger partial charge in [-0.1, -0.05) is 35.4 Å². The normalized spacial score (nSPS) is 12.3. The lowest BCUT2D eigenvalue weighted by Crippen LogP contribution is -2.15. The molecular formula is C27H19F4N3O4S. The number of fused-ring (bicyclic) bond motifs is 4. The lowest BCUT2D eigenvalue weighted by Gasteiger charge is -2.18. The summed E-state index contributed by atoms with van der Waals surface area (Å²) in [7, 11) is -5.41. The summed E-state index contributed by atoms with van der Waals surface area (Å²) in [5.74, 6) is -0.508. The molecule has 5 rings (SSSR count). The van der Waals surface area contributed by atoms with E-state index in [-0.39, 0.29) is 27.4 Å². The molecule has 5 aromatic rings. The third-order valence-electron chi connectivity index (χ3n) is 6.46. The molecule has 0 radical (unpaired) electrons. The third kappa shape index (κ3) is 4.81. The molecule has 200 valence electrons. The van der Waals surface area contributed by atoms with Crippen LogP contribution in [-0.4, -0.2) is 18.0 Å². The van der Waals surface area contributed by atoms with E-state index in [0.29, 0.717) is 35.1 Å². The summed E-state index contributed by atoms with van der Waals surface area (Å²) in [6.45, 7) is 2.32. The second-order valence-corrected chi connectivity index (χ2v) is 9.92. The van der Waals surface area contributed by atoms with Gasteiger partial charge in [0, 0.05) is 22.8 Å². The van der Waals surface area contributed by atoms with Crippen molar-refractivity contribution in [3.05, 3.63) is 75.9 Å². The predicted octanol–water partition coefficient (Wildman–Crippen LogP) is 6.59. The minimum Gasteiger partial charge on any atom is -0.358 e. The monoisotopic (exact) mass is 557 g/mol. The maximum Gasteiger partial charge on any atom is 0.488 e. The molecule has 0 spiro atoms. The van der Waals surface area contributed by atoms with Crippen molar-refractivity contribution in [1.82, 2.24) is 9.55 Å². The fourth-order valence-corrected chi connectivity index (χ4v) is 5.12. The Bertz CT molecular complexity index is 1990. The van der Waals surface area contributed by atoms with Crippen LogP contribution in [0.3, 0.4) is 0 Å². The summed E-state index contributed by atoms with van der Waals surface area (Å²) in [5, 5.41) is 9.82. The van der Waals surface area contributed by atoms with Crippen molar-refractivity contribution in [3.8, 4) is 22.9 Å². The van der Waals surface area contributed by atoms with Crippen molar-refractivity contribution < 1.29 is 29.7 Å². The molecule has 39 heavy (non-hydrogen) atoms. The van der Waals surface area contributed by atoms with E-state index in [9.17, 15) is 35.5 Å². The second-order valence-electron chi connectivity index (χ2n) is 8.97. The first-order chi connectivity index (χ1) is 18.4. The van der Waals surface area contributed by atoms with Crippen LogP contribution in [0.25, 0.3) is 44.0 Å². The van der Waals surface area contributed by atoms with Crippen LogP contribution in [0.4, 0.5) is 17.1 Å². The van der Waals surface area contributed by atoms with Crippen LogP contribution in [0, 0.1) is 11.3 Å². The number of unbranched alkanes of at least 4 members (excludes halogenated alkanes) is 1. The van der Waals surface area contributed by atoms with Gasteiger partial charge >= 0.3 is 16.7 Å². The molecule has 7 nitrogen and oxygen atoms in total. The van der Waals surface area contributed by atoms with Gasteiger partial charge in [0.15, 0.2) is 5.43 Å². The smallest absolute Gasteiger partial charge is 0.358 e. The topological polar surface area (TPSA) is 105 Å². The van der Waals surface area contributed by atoms with Gasteiger partial charge in [-0.05, 0) is 53.9 Å². The molecule has 0 fully saturated rings. The Hall–Kier alpha value is -4.37. The number of hydrogen-bond donors (Lipinski definition) is 1. The van der Waals surface area contributed by atoms with Gasteiger partial charge in [-0.2, -0.15) is 26.9 Å². The summed E-state index contributed by atoms with van der Waals surface area (Å²) in [6, 6.07) is 13.3. The highest BCUT2D eigenvalue weighted by molar-refractivity contribution is 7.81. The zero-order chi connectivity index (χ0) is 28.1. The van der Waals surface area contributed by atoms with Gasteiger partial charge in [0.1, 0.15) is 11.4 Å². The minimum absolute atomic E-state index is 0.0877. The number of aromatic amines is 1. The van der Waals surface area contributed by atoms with Crippen molar-refractivity contribution in [1.29, 1.82) is 5.26 Å². The lowest BCUT2D eigenvalue weighted by atomic mass is 9.95. The number of pyridine rings is 1. The average Bonchev–Trinajstić information content (AvgIpc) is 3.25. The number of H-pyrrole nitrogens is 1. The summed E-state index contributed by atoms with van der Waals surface area (Å²) < 4.78 is 83.9. The molecule has 1 N–H and O–H groups in total. The molecule has 2 heterocycles. The Morgan fingerprint density at radius 2 is 1.85 bits per heavy atom. The van der Waals surface area contributed by atoms with Crippen LogP contribution in [0.15, 0.2) is 59.4 Å². The van der Waals surface area contributed by atoms with E-state index in [1.807, 2.05) is 13.0 Å². The van der Waals surface area contributed by atoms with Crippen molar-refractivity contribution in [3.63, 3.8) is 0 Å². The second kappa shape index (κ2) is 9.43. The summed E-state index contributed by atoms with van der Waals surface area (Å²) in [4.78, 5) is 16.9. The molecule has 0 saturated carbocycles. The lowest BCUT2D eigenvalue weighted by molar-refractivity contribution is -0.137. The quantitative estimate of drug-likeness (QED) is 0.187. The highest BCUT2D eigenvalue weighted by Gasteiger charge is 2.35. The van der Waals surface area contributed by atoms with E-state index in [1.165, 1.54) is 24.3 Å². The van der Waals surface area contributed by atoms with Crippen LogP contribution in [0.2, 0.25) is 0 Å². The molecule has 0 unspecified atom stereocenters. The van der Waals surface area contributed by atoms with Gasteiger partial charge < -0.3 is 13.7 Å². The molecule has 0 aliphatic carbocycles. The standard InChI is InChI=1S/C27H19F4N3O4S/c1-2-3-9-34-23-13-19(16-5-4-6-17(11-16)38-39(31,36)37)21(27(28,29)30)12-20(23)25(35)24-18-8-7-15(14-32)10-22(18)33-26(24)34/h4-8,10-13,33H,2-3,9H2,1H3. The fourth-order valence-electron chi connectivity index (χ4n) is 4.79. The number of rotatable bonds is 6. The molecule has 0 amide bonds. The van der Waals surface area contributed by atoms with Crippen LogP contribution in [-0.2, 0) is 23.2 Å². The van der Waals surface area contributed by atoms with Gasteiger partial charge in [-0.15, -0.1) is 0 Å². The maximum absolute atomic E-state index is 14.3. The zero-order valence-corrected chi connectivity index (χ0v) is 21.1. The summed E-state index contributed by atoms with van der Waals surface area (Å²) in [5.41, 5.74) is -0.696. The van der Waals surface area contributed by atoms with E-state index in [0.717, 1.165) is 24.6 Å². The van der Waals surface area contributed by atoms with Crippen LogP contribution in [0.1, 0.15) is 30.9 Å². The SMILES string of the molecule is CCCCn1c2cc(-c3cccc(OS(=O)(=O)F)c3)c(C(F)(F)F)cc2c(=O)c2c3ccc(C#N)cc3[nH]c21. The molecule has 0 aliphatic rings. The number of aryl methyl sites for hydroxylation is 1. The van der Waals surface area contributed by atoms with Crippen molar-refractivity contribution in [2.75, 3.05) is 0 Å². The maximum atomic E-state index is 14.3. The van der Waals surface area contributed by atoms with Crippen molar-refractivity contribution in [2.45, 2.75) is 32.5 Å². The summed E-state index contributed by atoms with van der Waals surface area (Å²) >= 11 is 0. The summed E-state index contributed by atoms with van der Waals surface area (Å²) in [6.07, 6.45) is -3.47. The van der Waals surface area contributed by atoms with E-state index in [1.54, 1.807) is 16.7 Å². The van der Waals surface area contributed by atoms with Gasteiger partial charge in [-0.3, -0.25) is 4.79 Å². The van der Waals surface area contributed by atoms with Gasteiger partial charge in [0.25, 0.3) is 0 Å². The first-order valence-corrected chi connectivity index (χ1v) is 13.1. The van der Waals surface area contributed by atoms with Gasteiger partial charge in [0.2, 0.25) is 0 Å². The van der Waals surface area contributed by atoms with Crippen LogP contribution >= 0.6 is 0 Å². The molecule has 0 atom stereocenters. The number of halogens is 4. The third-order valence-corrected chi connectivity index (χ3v) is 6.85. The highest BCUT2D eigenvalue weighted by atomic mass is 32.3. The number of alkyl halides is 3. The average molecular weight is 558 g/mol. The number of hydrogen-bond acceptors (Lipinski definition) is 5. The first kappa shape index (κ1) is 26.2. The predicted molar refractivity (Wildman–Crippen MR) is 138 cm³/mol. The van der Waals surface area contributed by atoms with Crippen molar-refractivity contribution in [2.24, 2.45) is 0 Å². The number of nitrogens with one attached hydrogen (secondary N) is 1. The molecule has 3 aromatic carbocycles. The Morgan fingerprint density at radius 1 is 1.08 bits per heavy atom. The number of benzene rings is 3. The van der Waals surface area contributed by atoms with Gasteiger partial charge in [-0.25, -0.2) is 0 Å². The van der Waals surface area contributed by atoms with E-state index in [4.69, 9.17) is 0 Å². The minimum atomic E-state index is -5.41. The van der Waals surface area contributed by atoms with E-state index < -0.39 is 33.4 Å². The van der Waals surface area contributed by atoms with Gasteiger partial charge in [0.05, 0.1) is 28.1 Å². The first-order valence-electron chi connectivity index (χ1n) is 11.8. The molecule has 2 aromatic heterocycles. The van der Waals surface area contributed by atoms with Crippen LogP contribution in [0.5, 0.6) is 5.75 Å². The number of nitrogens with zero attached hydrogens (tertiary/aromatic N) is 2. The Morgan fingerprint density at radius 3 is 2.51 bits per heavy atom. The zero-order valence-electron chi connectivity index (χ0n) is 20.3. The Kier molecular flexibility index (Phi) is 6.34. The molecule has 0 bridgehead atoms.